The number of carbonyl (C=O) groups is 2. The summed E-state index contributed by atoms with van der Waals surface area (Å²) in [5, 5.41) is 2.56. The van der Waals surface area contributed by atoms with E-state index in [0.29, 0.717) is 35.8 Å². The monoisotopic (exact) mass is 323 g/mol. The van der Waals surface area contributed by atoms with Crippen molar-refractivity contribution in [2.75, 3.05) is 20.3 Å². The second kappa shape index (κ2) is 7.00. The van der Waals surface area contributed by atoms with Crippen LogP contribution >= 0.6 is 0 Å². The van der Waals surface area contributed by atoms with Gasteiger partial charge in [0.2, 0.25) is 0 Å². The van der Waals surface area contributed by atoms with Crippen LogP contribution in [-0.2, 0) is 0 Å². The van der Waals surface area contributed by atoms with E-state index in [4.69, 9.17) is 9.47 Å². The molecule has 0 radical (unpaired) electrons. The van der Waals surface area contributed by atoms with Crippen molar-refractivity contribution in [1.82, 2.24) is 5.32 Å². The van der Waals surface area contributed by atoms with Crippen LogP contribution in [0.4, 0.5) is 0 Å². The van der Waals surface area contributed by atoms with Gasteiger partial charge in [0.15, 0.2) is 17.3 Å². The van der Waals surface area contributed by atoms with Crippen LogP contribution in [0.15, 0.2) is 48.5 Å². The number of nitrogens with one attached hydrogen (secondary N) is 1. The molecule has 2 aromatic rings. The lowest BCUT2D eigenvalue weighted by Crippen LogP contribution is -2.17. The molecule has 0 atom stereocenters. The Bertz CT molecular complexity index is 794. The van der Waals surface area contributed by atoms with Crippen LogP contribution in [0.3, 0.4) is 0 Å². The molecule has 122 valence electrons. The van der Waals surface area contributed by atoms with Gasteiger partial charge in [-0.2, -0.15) is 0 Å². The average Bonchev–Trinajstić information content (AvgIpc) is 2.65. The highest BCUT2D eigenvalue weighted by atomic mass is 16.6. The van der Waals surface area contributed by atoms with Crippen molar-refractivity contribution < 1.29 is 19.1 Å². The topological polar surface area (TPSA) is 64.6 Å². The Kier molecular flexibility index (Phi) is 4.61. The number of fused-ring (bicyclic) bond motifs is 1. The molecule has 0 spiro atoms. The summed E-state index contributed by atoms with van der Waals surface area (Å²) in [6, 6.07) is 12.2. The standard InChI is InChI=1S/C19H17NO4/c1-20-19(22)14-5-2-13(3-6-14)4-8-16(21)15-7-9-17-18(12-15)24-11-10-23-17/h2-9,12H,10-11H2,1H3,(H,20,22)/b8-4+. The summed E-state index contributed by atoms with van der Waals surface area (Å²) >= 11 is 0. The Morgan fingerprint density at radius 2 is 1.62 bits per heavy atom. The number of benzene rings is 2. The highest BCUT2D eigenvalue weighted by molar-refractivity contribution is 6.07. The van der Waals surface area contributed by atoms with Crippen LogP contribution in [0.2, 0.25) is 0 Å². The molecule has 0 aliphatic carbocycles. The van der Waals surface area contributed by atoms with Crippen molar-refractivity contribution >= 4 is 17.8 Å². The molecule has 5 nitrogen and oxygen atoms in total. The van der Waals surface area contributed by atoms with Crippen molar-refractivity contribution in [3.63, 3.8) is 0 Å². The summed E-state index contributed by atoms with van der Waals surface area (Å²) in [7, 11) is 1.59. The number of amides is 1. The van der Waals surface area contributed by atoms with Gasteiger partial charge in [0.1, 0.15) is 13.2 Å². The van der Waals surface area contributed by atoms with Crippen molar-refractivity contribution in [2.24, 2.45) is 0 Å². The van der Waals surface area contributed by atoms with E-state index in [2.05, 4.69) is 5.32 Å². The molecule has 2 aromatic carbocycles. The lowest BCUT2D eigenvalue weighted by atomic mass is 10.1. The van der Waals surface area contributed by atoms with Gasteiger partial charge in [-0.05, 0) is 42.0 Å². The number of ketones is 1. The van der Waals surface area contributed by atoms with Crippen molar-refractivity contribution in [1.29, 1.82) is 0 Å². The van der Waals surface area contributed by atoms with Gasteiger partial charge in [-0.15, -0.1) is 0 Å². The predicted molar refractivity (Wildman–Crippen MR) is 90.6 cm³/mol. The third-order valence-electron chi connectivity index (χ3n) is 3.65. The lowest BCUT2D eigenvalue weighted by molar-refractivity contribution is 0.0962. The maximum Gasteiger partial charge on any atom is 0.251 e. The summed E-state index contributed by atoms with van der Waals surface area (Å²) in [6.07, 6.45) is 3.22. The summed E-state index contributed by atoms with van der Waals surface area (Å²) in [6.45, 7) is 1.00. The van der Waals surface area contributed by atoms with E-state index in [9.17, 15) is 9.59 Å². The predicted octanol–water partition coefficient (Wildman–Crippen LogP) is 2.71. The van der Waals surface area contributed by atoms with Gasteiger partial charge in [0.25, 0.3) is 5.91 Å². The average molecular weight is 323 g/mol. The van der Waals surface area contributed by atoms with Crippen LogP contribution in [0, 0.1) is 0 Å². The lowest BCUT2D eigenvalue weighted by Gasteiger charge is -2.18. The maximum absolute atomic E-state index is 12.3. The minimum atomic E-state index is -0.141. The molecule has 1 heterocycles. The molecule has 0 bridgehead atoms. The fourth-order valence-electron chi connectivity index (χ4n) is 2.35. The Morgan fingerprint density at radius 1 is 0.958 bits per heavy atom. The normalized spacial score (nSPS) is 12.9. The highest BCUT2D eigenvalue weighted by Crippen LogP contribution is 2.30. The number of hydrogen-bond donors (Lipinski definition) is 1. The summed E-state index contributed by atoms with van der Waals surface area (Å²) < 4.78 is 10.9. The molecule has 0 fully saturated rings. The van der Waals surface area contributed by atoms with Crippen LogP contribution in [0.5, 0.6) is 11.5 Å². The van der Waals surface area contributed by atoms with Gasteiger partial charge < -0.3 is 14.8 Å². The van der Waals surface area contributed by atoms with Gasteiger partial charge in [-0.1, -0.05) is 18.2 Å². The molecule has 0 unspecified atom stereocenters. The van der Waals surface area contributed by atoms with Gasteiger partial charge in [0, 0.05) is 18.2 Å². The van der Waals surface area contributed by atoms with Crippen LogP contribution in [-0.4, -0.2) is 32.0 Å². The zero-order chi connectivity index (χ0) is 16.9. The van der Waals surface area contributed by atoms with Crippen molar-refractivity contribution in [3.05, 3.63) is 65.2 Å². The second-order valence-electron chi connectivity index (χ2n) is 5.26. The third kappa shape index (κ3) is 3.46. The largest absolute Gasteiger partial charge is 0.486 e. The van der Waals surface area contributed by atoms with Gasteiger partial charge in [-0.25, -0.2) is 0 Å². The van der Waals surface area contributed by atoms with Crippen molar-refractivity contribution in [2.45, 2.75) is 0 Å². The summed E-state index contributed by atoms with van der Waals surface area (Å²) in [5.74, 6) is 0.988. The molecule has 0 saturated heterocycles. The fraction of sp³-hybridized carbons (Fsp3) is 0.158. The van der Waals surface area contributed by atoms with Gasteiger partial charge in [-0.3, -0.25) is 9.59 Å². The smallest absolute Gasteiger partial charge is 0.251 e. The number of rotatable bonds is 4. The number of ether oxygens (including phenoxy) is 2. The Balaban J connectivity index is 1.72. The number of hydrogen-bond acceptors (Lipinski definition) is 4. The van der Waals surface area contributed by atoms with Crippen LogP contribution in [0.25, 0.3) is 6.08 Å². The first kappa shape index (κ1) is 15.8. The maximum atomic E-state index is 12.3. The molecule has 0 aromatic heterocycles. The molecule has 1 aliphatic heterocycles. The van der Waals surface area contributed by atoms with Gasteiger partial charge in [0.05, 0.1) is 0 Å². The van der Waals surface area contributed by atoms with E-state index >= 15 is 0 Å². The quantitative estimate of drug-likeness (QED) is 0.694. The molecule has 5 heteroatoms. The molecule has 3 rings (SSSR count). The van der Waals surface area contributed by atoms with Gasteiger partial charge >= 0.3 is 0 Å². The first-order valence-corrected chi connectivity index (χ1v) is 7.61. The van der Waals surface area contributed by atoms with E-state index in [-0.39, 0.29) is 11.7 Å². The molecular weight excluding hydrogens is 306 g/mol. The minimum absolute atomic E-state index is 0.123. The second-order valence-corrected chi connectivity index (χ2v) is 5.26. The Labute approximate surface area is 139 Å². The van der Waals surface area contributed by atoms with Crippen molar-refractivity contribution in [3.8, 4) is 11.5 Å². The van der Waals surface area contributed by atoms with Crippen LogP contribution < -0.4 is 14.8 Å². The SMILES string of the molecule is CNC(=O)c1ccc(/C=C/C(=O)c2ccc3c(c2)OCCO3)cc1. The first-order valence-electron chi connectivity index (χ1n) is 7.61. The molecule has 1 amide bonds. The number of carbonyl (C=O) groups excluding carboxylic acids is 2. The Hall–Kier alpha value is -3.08. The fourth-order valence-corrected chi connectivity index (χ4v) is 2.35. The molecular formula is C19H17NO4. The molecule has 1 aliphatic rings. The van der Waals surface area contributed by atoms with Crippen LogP contribution in [0.1, 0.15) is 26.3 Å². The zero-order valence-electron chi connectivity index (χ0n) is 13.2. The van der Waals surface area contributed by atoms with E-state index < -0.39 is 0 Å². The molecule has 24 heavy (non-hydrogen) atoms. The van der Waals surface area contributed by atoms with E-state index in [1.165, 1.54) is 6.08 Å². The summed E-state index contributed by atoms with van der Waals surface area (Å²) in [5.41, 5.74) is 1.96. The molecule has 1 N–H and O–H groups in total. The first-order chi connectivity index (χ1) is 11.7. The minimum Gasteiger partial charge on any atom is -0.486 e. The zero-order valence-corrected chi connectivity index (χ0v) is 13.2. The van der Waals surface area contributed by atoms with E-state index in [0.717, 1.165) is 5.56 Å². The molecule has 0 saturated carbocycles. The highest BCUT2D eigenvalue weighted by Gasteiger charge is 2.13. The number of allylic oxidation sites excluding steroid dienone is 1. The third-order valence-corrected chi connectivity index (χ3v) is 3.65. The Morgan fingerprint density at radius 3 is 2.33 bits per heavy atom. The van der Waals surface area contributed by atoms with E-state index in [1.54, 1.807) is 55.6 Å². The van der Waals surface area contributed by atoms with E-state index in [1.807, 2.05) is 0 Å². The summed E-state index contributed by atoms with van der Waals surface area (Å²) in [4.78, 5) is 23.8.